The average Bonchev–Trinajstić information content (AvgIpc) is 2.37. The molecular formula is C13H18N2O2. The van der Waals surface area contributed by atoms with Gasteiger partial charge in [0.05, 0.1) is 13.7 Å². The molecule has 0 bridgehead atoms. The Bertz CT molecular complexity index is 418. The number of carbonyl (C=O) groups excluding carboxylic acids is 1. The summed E-state index contributed by atoms with van der Waals surface area (Å²) in [6, 6.07) is 5.90. The van der Waals surface area contributed by atoms with Gasteiger partial charge in [0.1, 0.15) is 5.75 Å². The molecule has 4 nitrogen and oxygen atoms in total. The number of fused-ring (bicyclic) bond motifs is 1. The Labute approximate surface area is 102 Å². The number of ether oxygens (including phenoxy) is 1. The fourth-order valence-corrected chi connectivity index (χ4v) is 2.21. The molecule has 17 heavy (non-hydrogen) atoms. The van der Waals surface area contributed by atoms with Crippen molar-refractivity contribution in [2.75, 3.05) is 32.1 Å². The van der Waals surface area contributed by atoms with Crippen LogP contribution < -0.4 is 15.0 Å². The van der Waals surface area contributed by atoms with Crippen molar-refractivity contribution in [1.82, 2.24) is 5.32 Å². The molecule has 0 unspecified atom stereocenters. The highest BCUT2D eigenvalue weighted by Crippen LogP contribution is 2.30. The minimum atomic E-state index is 0.124. The molecule has 2 rings (SSSR count). The van der Waals surface area contributed by atoms with Gasteiger partial charge in [0.2, 0.25) is 5.91 Å². The van der Waals surface area contributed by atoms with Crippen LogP contribution in [-0.2, 0) is 11.2 Å². The molecule has 1 heterocycles. The molecule has 0 radical (unpaired) electrons. The Hall–Kier alpha value is -1.55. The summed E-state index contributed by atoms with van der Waals surface area (Å²) in [4.78, 5) is 13.8. The maximum Gasteiger partial charge on any atom is 0.240 e. The topological polar surface area (TPSA) is 41.6 Å². The number of aryl methyl sites for hydroxylation is 1. The molecule has 0 saturated heterocycles. The van der Waals surface area contributed by atoms with Crippen LogP contribution in [0.3, 0.4) is 0 Å². The van der Waals surface area contributed by atoms with Gasteiger partial charge in [-0.15, -0.1) is 0 Å². The van der Waals surface area contributed by atoms with Gasteiger partial charge in [-0.3, -0.25) is 4.79 Å². The van der Waals surface area contributed by atoms with Crippen LogP contribution in [0.25, 0.3) is 0 Å². The molecule has 1 amide bonds. The summed E-state index contributed by atoms with van der Waals surface area (Å²) < 4.78 is 5.21. The summed E-state index contributed by atoms with van der Waals surface area (Å²) in [7, 11) is 3.45. The van der Waals surface area contributed by atoms with Crippen molar-refractivity contribution in [3.05, 3.63) is 23.8 Å². The van der Waals surface area contributed by atoms with Crippen LogP contribution in [0.1, 0.15) is 12.0 Å². The predicted molar refractivity (Wildman–Crippen MR) is 67.6 cm³/mol. The first kappa shape index (κ1) is 11.9. The molecule has 92 valence electrons. The van der Waals surface area contributed by atoms with E-state index in [4.69, 9.17) is 4.74 Å². The Morgan fingerprint density at radius 1 is 1.53 bits per heavy atom. The summed E-state index contributed by atoms with van der Waals surface area (Å²) in [5.74, 6) is 0.977. The van der Waals surface area contributed by atoms with Crippen LogP contribution >= 0.6 is 0 Å². The molecule has 0 spiro atoms. The molecule has 0 fully saturated rings. The van der Waals surface area contributed by atoms with Crippen molar-refractivity contribution in [3.8, 4) is 5.75 Å². The zero-order chi connectivity index (χ0) is 12.3. The highest BCUT2D eigenvalue weighted by Gasteiger charge is 2.22. The number of rotatable bonds is 3. The summed E-state index contributed by atoms with van der Waals surface area (Å²) >= 11 is 0. The van der Waals surface area contributed by atoms with E-state index in [0.717, 1.165) is 30.8 Å². The molecule has 1 aromatic rings. The molecular weight excluding hydrogens is 216 g/mol. The fraction of sp³-hybridized carbons (Fsp3) is 0.462. The number of hydrogen-bond donors (Lipinski definition) is 1. The molecule has 0 saturated carbocycles. The lowest BCUT2D eigenvalue weighted by Gasteiger charge is -2.29. The lowest BCUT2D eigenvalue weighted by Crippen LogP contribution is -2.40. The third-order valence-electron chi connectivity index (χ3n) is 3.03. The predicted octanol–water partition coefficient (Wildman–Crippen LogP) is 1.19. The highest BCUT2D eigenvalue weighted by atomic mass is 16.5. The van der Waals surface area contributed by atoms with Crippen molar-refractivity contribution in [3.63, 3.8) is 0 Å². The van der Waals surface area contributed by atoms with Gasteiger partial charge in [-0.2, -0.15) is 0 Å². The maximum atomic E-state index is 11.9. The third-order valence-corrected chi connectivity index (χ3v) is 3.03. The fourth-order valence-electron chi connectivity index (χ4n) is 2.21. The van der Waals surface area contributed by atoms with E-state index in [1.165, 1.54) is 5.56 Å². The number of benzene rings is 1. The number of carbonyl (C=O) groups is 1. The van der Waals surface area contributed by atoms with E-state index in [1.54, 1.807) is 14.2 Å². The zero-order valence-corrected chi connectivity index (χ0v) is 10.3. The van der Waals surface area contributed by atoms with E-state index >= 15 is 0 Å². The highest BCUT2D eigenvalue weighted by molar-refractivity contribution is 5.96. The lowest BCUT2D eigenvalue weighted by atomic mass is 10.0. The van der Waals surface area contributed by atoms with Gasteiger partial charge in [0, 0.05) is 12.2 Å². The quantitative estimate of drug-likeness (QED) is 0.854. The van der Waals surface area contributed by atoms with Gasteiger partial charge in [0.25, 0.3) is 0 Å². The van der Waals surface area contributed by atoms with Crippen molar-refractivity contribution in [1.29, 1.82) is 0 Å². The second kappa shape index (κ2) is 5.19. The second-order valence-corrected chi connectivity index (χ2v) is 4.17. The van der Waals surface area contributed by atoms with Crippen LogP contribution in [0.4, 0.5) is 5.69 Å². The number of amides is 1. The van der Waals surface area contributed by atoms with Crippen molar-refractivity contribution in [2.24, 2.45) is 0 Å². The van der Waals surface area contributed by atoms with E-state index in [-0.39, 0.29) is 5.91 Å². The first-order valence-corrected chi connectivity index (χ1v) is 5.88. The number of nitrogens with one attached hydrogen (secondary N) is 1. The number of hydrogen-bond acceptors (Lipinski definition) is 3. The average molecular weight is 234 g/mol. The summed E-state index contributed by atoms with van der Waals surface area (Å²) in [6.45, 7) is 1.19. The monoisotopic (exact) mass is 234 g/mol. The molecule has 1 aliphatic rings. The Balaban J connectivity index is 2.28. The van der Waals surface area contributed by atoms with Gasteiger partial charge in [-0.25, -0.2) is 0 Å². The largest absolute Gasteiger partial charge is 0.497 e. The first-order valence-electron chi connectivity index (χ1n) is 5.88. The van der Waals surface area contributed by atoms with E-state index < -0.39 is 0 Å². The minimum Gasteiger partial charge on any atom is -0.497 e. The van der Waals surface area contributed by atoms with E-state index in [2.05, 4.69) is 5.32 Å². The third kappa shape index (κ3) is 2.42. The Morgan fingerprint density at radius 3 is 3.06 bits per heavy atom. The van der Waals surface area contributed by atoms with Crippen LogP contribution in [0, 0.1) is 0 Å². The van der Waals surface area contributed by atoms with E-state index in [0.29, 0.717) is 6.54 Å². The minimum absolute atomic E-state index is 0.124. The van der Waals surface area contributed by atoms with Crippen LogP contribution in [-0.4, -0.2) is 33.2 Å². The molecule has 1 aromatic carbocycles. The van der Waals surface area contributed by atoms with Gasteiger partial charge < -0.3 is 15.0 Å². The Morgan fingerprint density at radius 2 is 2.35 bits per heavy atom. The molecule has 4 heteroatoms. The van der Waals surface area contributed by atoms with E-state index in [9.17, 15) is 4.79 Å². The van der Waals surface area contributed by atoms with Gasteiger partial charge in [-0.05, 0) is 43.7 Å². The zero-order valence-electron chi connectivity index (χ0n) is 10.3. The number of methoxy groups -OCH3 is 1. The van der Waals surface area contributed by atoms with Crippen LogP contribution in [0.15, 0.2) is 18.2 Å². The molecule has 1 aliphatic heterocycles. The molecule has 1 N–H and O–H groups in total. The Kier molecular flexibility index (Phi) is 3.64. The standard InChI is InChI=1S/C13H18N2O2/c1-14-9-13(16)15-7-3-4-10-8-11(17-2)5-6-12(10)15/h5-6,8,14H,3-4,7,9H2,1-2H3. The van der Waals surface area contributed by atoms with Crippen LogP contribution in [0.5, 0.6) is 5.75 Å². The molecule has 0 aromatic heterocycles. The van der Waals surface area contributed by atoms with Crippen molar-refractivity contribution >= 4 is 11.6 Å². The van der Waals surface area contributed by atoms with Crippen LogP contribution in [0.2, 0.25) is 0 Å². The van der Waals surface area contributed by atoms with Gasteiger partial charge >= 0.3 is 0 Å². The number of anilines is 1. The van der Waals surface area contributed by atoms with Crippen molar-refractivity contribution < 1.29 is 9.53 Å². The number of likely N-dealkylation sites (N-methyl/N-ethyl adjacent to an activating group) is 1. The molecule has 0 aliphatic carbocycles. The molecule has 0 atom stereocenters. The second-order valence-electron chi connectivity index (χ2n) is 4.17. The van der Waals surface area contributed by atoms with Crippen molar-refractivity contribution in [2.45, 2.75) is 12.8 Å². The first-order chi connectivity index (χ1) is 8.26. The van der Waals surface area contributed by atoms with Gasteiger partial charge in [0.15, 0.2) is 0 Å². The maximum absolute atomic E-state index is 11.9. The smallest absolute Gasteiger partial charge is 0.240 e. The SMILES string of the molecule is CNCC(=O)N1CCCc2cc(OC)ccc21. The normalized spacial score (nSPS) is 14.4. The summed E-state index contributed by atoms with van der Waals surface area (Å²) in [6.07, 6.45) is 2.02. The van der Waals surface area contributed by atoms with Gasteiger partial charge in [-0.1, -0.05) is 0 Å². The summed E-state index contributed by atoms with van der Waals surface area (Å²) in [5, 5.41) is 2.90. The summed E-state index contributed by atoms with van der Waals surface area (Å²) in [5.41, 5.74) is 2.22. The lowest BCUT2D eigenvalue weighted by molar-refractivity contribution is -0.117. The number of nitrogens with zero attached hydrogens (tertiary/aromatic N) is 1. The van der Waals surface area contributed by atoms with E-state index in [1.807, 2.05) is 23.1 Å².